The Kier molecular flexibility index (Phi) is 3.21. The highest BCUT2D eigenvalue weighted by atomic mass is 19.1. The molecular formula is C10H8FNO2. The highest BCUT2D eigenvalue weighted by Gasteiger charge is 2.05. The van der Waals surface area contributed by atoms with Gasteiger partial charge in [-0.1, -0.05) is 11.8 Å². The maximum absolute atomic E-state index is 13.0. The standard InChI is InChI=1S/C10H8FNO2/c11-9-4-3-8(10(13)14)6-7(9)2-1-5-12/h3-4,6H,5,12H2,(H,13,14). The maximum Gasteiger partial charge on any atom is 0.335 e. The second kappa shape index (κ2) is 4.40. The summed E-state index contributed by atoms with van der Waals surface area (Å²) in [4.78, 5) is 10.5. The van der Waals surface area contributed by atoms with Crippen molar-refractivity contribution in [2.24, 2.45) is 5.73 Å². The van der Waals surface area contributed by atoms with Crippen molar-refractivity contribution in [2.45, 2.75) is 0 Å². The number of halogens is 1. The minimum Gasteiger partial charge on any atom is -0.478 e. The molecule has 14 heavy (non-hydrogen) atoms. The third-order valence-electron chi connectivity index (χ3n) is 1.54. The van der Waals surface area contributed by atoms with Gasteiger partial charge in [-0.2, -0.15) is 0 Å². The van der Waals surface area contributed by atoms with E-state index < -0.39 is 11.8 Å². The highest BCUT2D eigenvalue weighted by Crippen LogP contribution is 2.09. The summed E-state index contributed by atoms with van der Waals surface area (Å²) >= 11 is 0. The molecule has 3 nitrogen and oxygen atoms in total. The summed E-state index contributed by atoms with van der Waals surface area (Å²) in [5.74, 6) is 3.26. The summed E-state index contributed by atoms with van der Waals surface area (Å²) in [5.41, 5.74) is 5.17. The molecule has 1 rings (SSSR count). The normalized spacial score (nSPS) is 9.00. The Morgan fingerprint density at radius 1 is 1.57 bits per heavy atom. The van der Waals surface area contributed by atoms with Crippen LogP contribution in [0.2, 0.25) is 0 Å². The Morgan fingerprint density at radius 2 is 2.29 bits per heavy atom. The summed E-state index contributed by atoms with van der Waals surface area (Å²) in [6.07, 6.45) is 0. The Bertz CT molecular complexity index is 418. The Hall–Kier alpha value is -1.86. The van der Waals surface area contributed by atoms with Gasteiger partial charge in [0, 0.05) is 0 Å². The first-order valence-electron chi connectivity index (χ1n) is 3.87. The number of nitrogens with two attached hydrogens (primary N) is 1. The molecule has 1 aromatic carbocycles. The number of hydrogen-bond donors (Lipinski definition) is 2. The van der Waals surface area contributed by atoms with Gasteiger partial charge in [-0.15, -0.1) is 0 Å². The van der Waals surface area contributed by atoms with Crippen LogP contribution >= 0.6 is 0 Å². The van der Waals surface area contributed by atoms with Crippen LogP contribution in [0.3, 0.4) is 0 Å². The molecule has 0 atom stereocenters. The Morgan fingerprint density at radius 3 is 2.86 bits per heavy atom. The average Bonchev–Trinajstić information content (AvgIpc) is 2.16. The minimum absolute atomic E-state index is 0.00715. The lowest BCUT2D eigenvalue weighted by molar-refractivity contribution is 0.0697. The molecule has 0 aromatic heterocycles. The third kappa shape index (κ3) is 2.31. The van der Waals surface area contributed by atoms with Gasteiger partial charge in [0.1, 0.15) is 5.82 Å². The number of carboxylic acid groups (broad SMARTS) is 1. The summed E-state index contributed by atoms with van der Waals surface area (Å²) in [5, 5.41) is 8.63. The number of benzene rings is 1. The molecule has 0 aliphatic rings. The van der Waals surface area contributed by atoms with E-state index in [-0.39, 0.29) is 17.7 Å². The first kappa shape index (κ1) is 10.2. The number of hydrogen-bond acceptors (Lipinski definition) is 2. The third-order valence-corrected chi connectivity index (χ3v) is 1.54. The van der Waals surface area contributed by atoms with E-state index >= 15 is 0 Å². The summed E-state index contributed by atoms with van der Waals surface area (Å²) in [6.45, 7) is 0.108. The van der Waals surface area contributed by atoms with E-state index in [2.05, 4.69) is 11.8 Å². The second-order valence-corrected chi connectivity index (χ2v) is 2.51. The molecule has 0 radical (unpaired) electrons. The number of aromatic carboxylic acids is 1. The smallest absolute Gasteiger partial charge is 0.335 e. The van der Waals surface area contributed by atoms with Crippen LogP contribution in [0.15, 0.2) is 18.2 Å². The molecule has 0 fully saturated rings. The van der Waals surface area contributed by atoms with Gasteiger partial charge in [-0.3, -0.25) is 0 Å². The SMILES string of the molecule is NCC#Cc1cc(C(=O)O)ccc1F. The first-order valence-corrected chi connectivity index (χ1v) is 3.87. The van der Waals surface area contributed by atoms with Gasteiger partial charge in [0.15, 0.2) is 0 Å². The quantitative estimate of drug-likeness (QED) is 0.649. The van der Waals surface area contributed by atoms with Crippen molar-refractivity contribution in [1.29, 1.82) is 0 Å². The fraction of sp³-hybridized carbons (Fsp3) is 0.100. The van der Waals surface area contributed by atoms with Gasteiger partial charge < -0.3 is 10.8 Å². The predicted octanol–water partition coefficient (Wildman–Crippen LogP) is 0.834. The van der Waals surface area contributed by atoms with E-state index in [9.17, 15) is 9.18 Å². The van der Waals surface area contributed by atoms with Crippen molar-refractivity contribution >= 4 is 5.97 Å². The lowest BCUT2D eigenvalue weighted by atomic mass is 10.1. The minimum atomic E-state index is -1.11. The zero-order valence-electron chi connectivity index (χ0n) is 7.25. The van der Waals surface area contributed by atoms with Gasteiger partial charge in [-0.05, 0) is 18.2 Å². The van der Waals surface area contributed by atoms with Crippen molar-refractivity contribution in [3.8, 4) is 11.8 Å². The molecule has 0 heterocycles. The van der Waals surface area contributed by atoms with E-state index in [1.807, 2.05) is 0 Å². The van der Waals surface area contributed by atoms with E-state index in [1.54, 1.807) is 0 Å². The van der Waals surface area contributed by atoms with Crippen molar-refractivity contribution in [1.82, 2.24) is 0 Å². The van der Waals surface area contributed by atoms with Gasteiger partial charge in [0.05, 0.1) is 17.7 Å². The van der Waals surface area contributed by atoms with E-state index in [0.717, 1.165) is 6.07 Å². The lowest BCUT2D eigenvalue weighted by Crippen LogP contribution is -1.98. The molecule has 0 bridgehead atoms. The molecule has 0 saturated carbocycles. The van der Waals surface area contributed by atoms with Crippen molar-refractivity contribution in [3.05, 3.63) is 35.1 Å². The van der Waals surface area contributed by atoms with Gasteiger partial charge in [-0.25, -0.2) is 9.18 Å². The van der Waals surface area contributed by atoms with Crippen LogP contribution in [-0.4, -0.2) is 17.6 Å². The van der Waals surface area contributed by atoms with Crippen LogP contribution in [0.25, 0.3) is 0 Å². The molecule has 3 N–H and O–H groups in total. The molecule has 1 aromatic rings. The van der Waals surface area contributed by atoms with Crippen LogP contribution in [0.1, 0.15) is 15.9 Å². The monoisotopic (exact) mass is 193 g/mol. The molecule has 0 aliphatic carbocycles. The molecule has 0 amide bonds. The van der Waals surface area contributed by atoms with E-state index in [0.29, 0.717) is 0 Å². The van der Waals surface area contributed by atoms with Gasteiger partial charge in [0.25, 0.3) is 0 Å². The van der Waals surface area contributed by atoms with Gasteiger partial charge in [0.2, 0.25) is 0 Å². The maximum atomic E-state index is 13.0. The molecule has 0 aliphatic heterocycles. The predicted molar refractivity (Wildman–Crippen MR) is 49.3 cm³/mol. The Balaban J connectivity index is 3.14. The number of carboxylic acids is 1. The van der Waals surface area contributed by atoms with Crippen molar-refractivity contribution in [3.63, 3.8) is 0 Å². The summed E-state index contributed by atoms with van der Waals surface area (Å²) < 4.78 is 13.0. The van der Waals surface area contributed by atoms with E-state index in [1.165, 1.54) is 12.1 Å². The van der Waals surface area contributed by atoms with E-state index in [4.69, 9.17) is 10.8 Å². The molecule has 0 spiro atoms. The van der Waals surface area contributed by atoms with Crippen LogP contribution in [0, 0.1) is 17.7 Å². The number of carbonyl (C=O) groups is 1. The average molecular weight is 193 g/mol. The molecule has 4 heteroatoms. The Labute approximate surface area is 80.4 Å². The summed E-state index contributed by atoms with van der Waals surface area (Å²) in [6, 6.07) is 3.44. The molecular weight excluding hydrogens is 185 g/mol. The van der Waals surface area contributed by atoms with Crippen molar-refractivity contribution < 1.29 is 14.3 Å². The largest absolute Gasteiger partial charge is 0.478 e. The van der Waals surface area contributed by atoms with Crippen LogP contribution in [-0.2, 0) is 0 Å². The second-order valence-electron chi connectivity index (χ2n) is 2.51. The molecule has 0 unspecified atom stereocenters. The fourth-order valence-corrected chi connectivity index (χ4v) is 0.900. The topological polar surface area (TPSA) is 63.3 Å². The first-order chi connectivity index (χ1) is 6.65. The zero-order chi connectivity index (χ0) is 10.6. The number of rotatable bonds is 1. The van der Waals surface area contributed by atoms with Crippen LogP contribution < -0.4 is 5.73 Å². The fourth-order valence-electron chi connectivity index (χ4n) is 0.900. The lowest BCUT2D eigenvalue weighted by Gasteiger charge is -1.96. The van der Waals surface area contributed by atoms with Crippen LogP contribution in [0.5, 0.6) is 0 Å². The van der Waals surface area contributed by atoms with Gasteiger partial charge >= 0.3 is 5.97 Å². The molecule has 0 saturated heterocycles. The highest BCUT2D eigenvalue weighted by molar-refractivity contribution is 5.88. The zero-order valence-corrected chi connectivity index (χ0v) is 7.25. The summed E-state index contributed by atoms with van der Waals surface area (Å²) in [7, 11) is 0. The van der Waals surface area contributed by atoms with Crippen molar-refractivity contribution in [2.75, 3.05) is 6.54 Å². The van der Waals surface area contributed by atoms with Crippen LogP contribution in [0.4, 0.5) is 4.39 Å². The molecule has 72 valence electrons.